The Morgan fingerprint density at radius 1 is 1.19 bits per heavy atom. The van der Waals surface area contributed by atoms with E-state index in [-0.39, 0.29) is 6.09 Å². The lowest BCUT2D eigenvalue weighted by Crippen LogP contribution is -2.39. The van der Waals surface area contributed by atoms with Crippen LogP contribution >= 0.6 is 0 Å². The van der Waals surface area contributed by atoms with Crippen molar-refractivity contribution < 1.29 is 9.53 Å². The number of nitrogens with zero attached hydrogens (tertiary/aromatic N) is 1. The van der Waals surface area contributed by atoms with Gasteiger partial charge in [0.25, 0.3) is 0 Å². The summed E-state index contributed by atoms with van der Waals surface area (Å²) in [6.07, 6.45) is 2.52. The molecule has 0 N–H and O–H groups in total. The Bertz CT molecular complexity index is 585. The third-order valence-electron chi connectivity index (χ3n) is 3.00. The topological polar surface area (TPSA) is 29.5 Å². The Hall–Kier alpha value is -2.21. The number of hydrogen-bond donors (Lipinski definition) is 0. The molecule has 3 nitrogen and oxygen atoms in total. The summed E-state index contributed by atoms with van der Waals surface area (Å²) in [5.74, 6) is 6.32. The maximum absolute atomic E-state index is 11.9. The summed E-state index contributed by atoms with van der Waals surface area (Å²) in [6, 6.07) is 9.91. The molecule has 3 heteroatoms. The molecule has 0 saturated carbocycles. The molecule has 2 rings (SSSR count). The third kappa shape index (κ3) is 5.00. The highest BCUT2D eigenvalue weighted by atomic mass is 16.6. The molecule has 0 bridgehead atoms. The Balaban J connectivity index is 1.94. The summed E-state index contributed by atoms with van der Waals surface area (Å²) in [7, 11) is 0. The van der Waals surface area contributed by atoms with E-state index in [1.807, 2.05) is 57.2 Å². The fourth-order valence-electron chi connectivity index (χ4n) is 1.95. The minimum Gasteiger partial charge on any atom is -0.444 e. The van der Waals surface area contributed by atoms with Crippen molar-refractivity contribution in [2.75, 3.05) is 13.1 Å². The van der Waals surface area contributed by atoms with E-state index in [0.717, 1.165) is 17.6 Å². The van der Waals surface area contributed by atoms with Crippen LogP contribution in [0.4, 0.5) is 4.79 Å². The predicted molar refractivity (Wildman–Crippen MR) is 83.8 cm³/mol. The van der Waals surface area contributed by atoms with E-state index in [2.05, 4.69) is 11.8 Å². The highest BCUT2D eigenvalue weighted by Gasteiger charge is 2.23. The van der Waals surface area contributed by atoms with Crippen LogP contribution < -0.4 is 0 Å². The number of ether oxygens (including phenoxy) is 1. The standard InChI is InChI=1S/C18H21NO2/c1-18(2,3)21-17(20)19-13-11-16(12-14-19)10-9-15-7-5-4-6-8-15/h4-8,11H,12-14H2,1-3H3. The molecule has 1 amide bonds. The summed E-state index contributed by atoms with van der Waals surface area (Å²) in [5.41, 5.74) is 1.64. The van der Waals surface area contributed by atoms with Crippen molar-refractivity contribution in [3.8, 4) is 11.8 Å². The molecule has 0 unspecified atom stereocenters. The summed E-state index contributed by atoms with van der Waals surface area (Å²) >= 11 is 0. The van der Waals surface area contributed by atoms with Gasteiger partial charge < -0.3 is 9.64 Å². The maximum atomic E-state index is 11.9. The largest absolute Gasteiger partial charge is 0.444 e. The molecular weight excluding hydrogens is 262 g/mol. The minimum atomic E-state index is -0.450. The van der Waals surface area contributed by atoms with E-state index in [4.69, 9.17) is 4.74 Å². The molecule has 21 heavy (non-hydrogen) atoms. The number of carbonyl (C=O) groups is 1. The molecule has 1 heterocycles. The zero-order chi connectivity index (χ0) is 15.3. The fourth-order valence-corrected chi connectivity index (χ4v) is 1.95. The van der Waals surface area contributed by atoms with Gasteiger partial charge in [-0.2, -0.15) is 0 Å². The van der Waals surface area contributed by atoms with E-state index in [0.29, 0.717) is 13.1 Å². The lowest BCUT2D eigenvalue weighted by atomic mass is 10.1. The zero-order valence-corrected chi connectivity index (χ0v) is 12.8. The lowest BCUT2D eigenvalue weighted by molar-refractivity contribution is 0.0267. The molecule has 0 atom stereocenters. The van der Waals surface area contributed by atoms with Gasteiger partial charge in [0, 0.05) is 24.2 Å². The second kappa shape index (κ2) is 6.49. The fraction of sp³-hybridized carbons (Fsp3) is 0.389. The Morgan fingerprint density at radius 2 is 1.90 bits per heavy atom. The van der Waals surface area contributed by atoms with Crippen molar-refractivity contribution in [1.29, 1.82) is 0 Å². The van der Waals surface area contributed by atoms with Crippen LogP contribution in [0, 0.1) is 11.8 Å². The molecule has 1 aliphatic heterocycles. The van der Waals surface area contributed by atoms with Gasteiger partial charge in [0.2, 0.25) is 0 Å². The van der Waals surface area contributed by atoms with Crippen molar-refractivity contribution in [3.63, 3.8) is 0 Å². The van der Waals surface area contributed by atoms with Gasteiger partial charge in [-0.25, -0.2) is 4.79 Å². The summed E-state index contributed by atoms with van der Waals surface area (Å²) in [6.45, 7) is 6.85. The van der Waals surface area contributed by atoms with Crippen molar-refractivity contribution in [2.24, 2.45) is 0 Å². The molecule has 0 aliphatic carbocycles. The Kier molecular flexibility index (Phi) is 4.70. The van der Waals surface area contributed by atoms with Crippen molar-refractivity contribution in [1.82, 2.24) is 4.90 Å². The van der Waals surface area contributed by atoms with E-state index in [1.54, 1.807) is 4.90 Å². The van der Waals surface area contributed by atoms with Crippen LogP contribution in [0.3, 0.4) is 0 Å². The van der Waals surface area contributed by atoms with Crippen LogP contribution in [-0.2, 0) is 4.74 Å². The van der Waals surface area contributed by atoms with Gasteiger partial charge in [-0.15, -0.1) is 0 Å². The highest BCUT2D eigenvalue weighted by molar-refractivity contribution is 5.68. The van der Waals surface area contributed by atoms with Crippen LogP contribution in [0.5, 0.6) is 0 Å². The second-order valence-corrected chi connectivity index (χ2v) is 6.02. The number of benzene rings is 1. The van der Waals surface area contributed by atoms with E-state index < -0.39 is 5.60 Å². The number of hydrogen-bond acceptors (Lipinski definition) is 2. The van der Waals surface area contributed by atoms with Gasteiger partial charge in [-0.3, -0.25) is 0 Å². The first kappa shape index (κ1) is 15.2. The predicted octanol–water partition coefficient (Wildman–Crippen LogP) is 3.61. The first-order valence-electron chi connectivity index (χ1n) is 7.18. The third-order valence-corrected chi connectivity index (χ3v) is 3.00. The number of carbonyl (C=O) groups excluding carboxylic acids is 1. The number of rotatable bonds is 0. The van der Waals surface area contributed by atoms with Crippen molar-refractivity contribution in [3.05, 3.63) is 47.5 Å². The molecule has 1 aromatic rings. The molecule has 1 aliphatic rings. The van der Waals surface area contributed by atoms with Gasteiger partial charge in [-0.1, -0.05) is 36.1 Å². The average Bonchev–Trinajstić information content (AvgIpc) is 2.45. The van der Waals surface area contributed by atoms with Crippen LogP contribution in [0.25, 0.3) is 0 Å². The van der Waals surface area contributed by atoms with Gasteiger partial charge >= 0.3 is 6.09 Å². The smallest absolute Gasteiger partial charge is 0.410 e. The molecule has 110 valence electrons. The Morgan fingerprint density at radius 3 is 2.48 bits per heavy atom. The van der Waals surface area contributed by atoms with Crippen molar-refractivity contribution >= 4 is 6.09 Å². The van der Waals surface area contributed by atoms with E-state index >= 15 is 0 Å². The van der Waals surface area contributed by atoms with Crippen LogP contribution in [0.2, 0.25) is 0 Å². The van der Waals surface area contributed by atoms with E-state index in [1.165, 1.54) is 0 Å². The van der Waals surface area contributed by atoms with Gasteiger partial charge in [0.1, 0.15) is 5.60 Å². The summed E-state index contributed by atoms with van der Waals surface area (Å²) in [4.78, 5) is 13.6. The first-order chi connectivity index (χ1) is 9.94. The van der Waals surface area contributed by atoms with Gasteiger partial charge in [0.05, 0.1) is 0 Å². The van der Waals surface area contributed by atoms with E-state index in [9.17, 15) is 4.79 Å². The summed E-state index contributed by atoms with van der Waals surface area (Å²) < 4.78 is 5.36. The SMILES string of the molecule is CC(C)(C)OC(=O)N1CC=C(C#Cc2ccccc2)CC1. The highest BCUT2D eigenvalue weighted by Crippen LogP contribution is 2.15. The molecule has 0 aromatic heterocycles. The maximum Gasteiger partial charge on any atom is 0.410 e. The molecule has 0 fully saturated rings. The Labute approximate surface area is 126 Å². The normalized spacial score (nSPS) is 14.8. The quantitative estimate of drug-likeness (QED) is 0.681. The number of amides is 1. The van der Waals surface area contributed by atoms with Crippen LogP contribution in [0.1, 0.15) is 32.8 Å². The van der Waals surface area contributed by atoms with Crippen LogP contribution in [0.15, 0.2) is 42.0 Å². The molecule has 0 radical (unpaired) electrons. The molecule has 0 saturated heterocycles. The second-order valence-electron chi connectivity index (χ2n) is 6.02. The van der Waals surface area contributed by atoms with Gasteiger partial charge in [0.15, 0.2) is 0 Å². The van der Waals surface area contributed by atoms with Gasteiger partial charge in [-0.05, 0) is 39.3 Å². The lowest BCUT2D eigenvalue weighted by Gasteiger charge is -2.28. The van der Waals surface area contributed by atoms with Crippen LogP contribution in [-0.4, -0.2) is 29.7 Å². The zero-order valence-electron chi connectivity index (χ0n) is 12.8. The molecule has 0 spiro atoms. The molecule has 1 aromatic carbocycles. The average molecular weight is 283 g/mol. The minimum absolute atomic E-state index is 0.256. The molecular formula is C18H21NO2. The summed E-state index contributed by atoms with van der Waals surface area (Å²) in [5, 5.41) is 0. The van der Waals surface area contributed by atoms with Crippen molar-refractivity contribution in [2.45, 2.75) is 32.8 Å². The monoisotopic (exact) mass is 283 g/mol. The first-order valence-corrected chi connectivity index (χ1v) is 7.18.